The summed E-state index contributed by atoms with van der Waals surface area (Å²) in [6.07, 6.45) is -2.58. The lowest BCUT2D eigenvalue weighted by Crippen LogP contribution is -2.17. The van der Waals surface area contributed by atoms with Gasteiger partial charge in [0.1, 0.15) is 6.29 Å². The minimum atomic E-state index is -4.47. The number of carbonyl (C=O) groups is 1. The Morgan fingerprint density at radius 2 is 1.79 bits per heavy atom. The standard InChI is InChI=1S/C19H18F3NO/c1-2-12-3-5-13(6-4-12)7-14-8-15-10-23-17(11-24)18(15)16(9-14)19(20,21)22/h3-6,8-9,11,17,23H,2,7,10H2,1H3. The molecule has 2 aromatic carbocycles. The van der Waals surface area contributed by atoms with Crippen molar-refractivity contribution in [1.82, 2.24) is 5.32 Å². The van der Waals surface area contributed by atoms with Gasteiger partial charge in [0.25, 0.3) is 0 Å². The molecule has 1 N–H and O–H groups in total. The second kappa shape index (κ2) is 6.40. The average Bonchev–Trinajstić information content (AvgIpc) is 2.97. The summed E-state index contributed by atoms with van der Waals surface area (Å²) < 4.78 is 40.3. The molecule has 24 heavy (non-hydrogen) atoms. The third-order valence-electron chi connectivity index (χ3n) is 4.43. The van der Waals surface area contributed by atoms with Gasteiger partial charge in [-0.15, -0.1) is 0 Å². The summed E-state index contributed by atoms with van der Waals surface area (Å²) in [5.41, 5.74) is 2.70. The van der Waals surface area contributed by atoms with Gasteiger partial charge < -0.3 is 4.79 Å². The molecule has 2 nitrogen and oxygen atoms in total. The summed E-state index contributed by atoms with van der Waals surface area (Å²) in [5, 5.41) is 2.82. The lowest BCUT2D eigenvalue weighted by atomic mass is 9.93. The Balaban J connectivity index is 1.99. The first-order chi connectivity index (χ1) is 11.4. The summed E-state index contributed by atoms with van der Waals surface area (Å²) >= 11 is 0. The fourth-order valence-electron chi connectivity index (χ4n) is 3.20. The van der Waals surface area contributed by atoms with Crippen LogP contribution in [0.1, 0.15) is 46.3 Å². The Bertz CT molecular complexity index is 750. The molecule has 2 aromatic rings. The molecule has 1 atom stereocenters. The van der Waals surface area contributed by atoms with E-state index in [1.165, 1.54) is 11.6 Å². The molecule has 0 bridgehead atoms. The lowest BCUT2D eigenvalue weighted by Gasteiger charge is -2.16. The van der Waals surface area contributed by atoms with Gasteiger partial charge in [0.15, 0.2) is 0 Å². The number of fused-ring (bicyclic) bond motifs is 1. The Morgan fingerprint density at radius 3 is 2.38 bits per heavy atom. The summed E-state index contributed by atoms with van der Waals surface area (Å²) in [6, 6.07) is 9.96. The monoisotopic (exact) mass is 333 g/mol. The van der Waals surface area contributed by atoms with Crippen LogP contribution in [-0.4, -0.2) is 6.29 Å². The van der Waals surface area contributed by atoms with Gasteiger partial charge in [-0.05, 0) is 46.7 Å². The van der Waals surface area contributed by atoms with Crippen LogP contribution in [0.2, 0.25) is 0 Å². The topological polar surface area (TPSA) is 29.1 Å². The third kappa shape index (κ3) is 3.22. The van der Waals surface area contributed by atoms with E-state index in [0.717, 1.165) is 12.0 Å². The zero-order valence-corrected chi connectivity index (χ0v) is 13.3. The van der Waals surface area contributed by atoms with Gasteiger partial charge in [-0.25, -0.2) is 0 Å². The molecule has 0 aromatic heterocycles. The molecule has 0 spiro atoms. The second-order valence-electron chi connectivity index (χ2n) is 6.06. The lowest BCUT2D eigenvalue weighted by molar-refractivity contribution is -0.138. The van der Waals surface area contributed by atoms with E-state index in [2.05, 4.69) is 12.2 Å². The first kappa shape index (κ1) is 16.7. The van der Waals surface area contributed by atoms with Crippen LogP contribution in [0.25, 0.3) is 0 Å². The molecule has 1 aliphatic rings. The fraction of sp³-hybridized carbons (Fsp3) is 0.316. The van der Waals surface area contributed by atoms with Gasteiger partial charge in [-0.3, -0.25) is 5.32 Å². The third-order valence-corrected chi connectivity index (χ3v) is 4.43. The molecule has 0 radical (unpaired) electrons. The summed E-state index contributed by atoms with van der Waals surface area (Å²) in [5.74, 6) is 0. The van der Waals surface area contributed by atoms with Crippen molar-refractivity contribution < 1.29 is 18.0 Å². The molecule has 0 amide bonds. The number of nitrogens with one attached hydrogen (secondary N) is 1. The van der Waals surface area contributed by atoms with Gasteiger partial charge in [-0.2, -0.15) is 13.2 Å². The highest BCUT2D eigenvalue weighted by atomic mass is 19.4. The van der Waals surface area contributed by atoms with E-state index in [9.17, 15) is 18.0 Å². The van der Waals surface area contributed by atoms with Gasteiger partial charge in [0, 0.05) is 6.54 Å². The minimum absolute atomic E-state index is 0.0718. The molecule has 1 unspecified atom stereocenters. The normalized spacial score (nSPS) is 16.9. The summed E-state index contributed by atoms with van der Waals surface area (Å²) in [4.78, 5) is 11.1. The molecular formula is C19H18F3NO. The van der Waals surface area contributed by atoms with Crippen LogP contribution in [-0.2, 0) is 30.4 Å². The maximum Gasteiger partial charge on any atom is 0.416 e. The predicted molar refractivity (Wildman–Crippen MR) is 85.7 cm³/mol. The molecular weight excluding hydrogens is 315 g/mol. The molecule has 0 saturated carbocycles. The molecule has 1 aliphatic heterocycles. The Hall–Kier alpha value is -2.14. The maximum absolute atomic E-state index is 13.4. The van der Waals surface area contributed by atoms with Crippen molar-refractivity contribution in [3.05, 3.63) is 69.8 Å². The number of hydrogen-bond donors (Lipinski definition) is 1. The molecule has 126 valence electrons. The summed E-state index contributed by atoms with van der Waals surface area (Å²) in [6.45, 7) is 2.34. The maximum atomic E-state index is 13.4. The number of rotatable bonds is 4. The van der Waals surface area contributed by atoms with Crippen LogP contribution in [0, 0.1) is 0 Å². The van der Waals surface area contributed by atoms with E-state index in [0.29, 0.717) is 23.8 Å². The van der Waals surface area contributed by atoms with Crippen molar-refractivity contribution in [2.45, 2.75) is 38.5 Å². The van der Waals surface area contributed by atoms with E-state index in [4.69, 9.17) is 0 Å². The molecule has 1 heterocycles. The molecule has 3 rings (SSSR count). The van der Waals surface area contributed by atoms with E-state index in [1.807, 2.05) is 24.3 Å². The van der Waals surface area contributed by atoms with Crippen LogP contribution in [0.3, 0.4) is 0 Å². The van der Waals surface area contributed by atoms with Crippen molar-refractivity contribution in [3.8, 4) is 0 Å². The van der Waals surface area contributed by atoms with Crippen LogP contribution < -0.4 is 5.32 Å². The number of hydrogen-bond acceptors (Lipinski definition) is 2. The first-order valence-electron chi connectivity index (χ1n) is 7.91. The zero-order valence-electron chi connectivity index (χ0n) is 13.3. The quantitative estimate of drug-likeness (QED) is 0.850. The van der Waals surface area contributed by atoms with Crippen LogP contribution in [0.15, 0.2) is 36.4 Å². The second-order valence-corrected chi connectivity index (χ2v) is 6.06. The Morgan fingerprint density at radius 1 is 1.12 bits per heavy atom. The van der Waals surface area contributed by atoms with E-state index in [1.54, 1.807) is 6.07 Å². The largest absolute Gasteiger partial charge is 0.416 e. The zero-order chi connectivity index (χ0) is 17.3. The number of benzene rings is 2. The number of aryl methyl sites for hydroxylation is 1. The van der Waals surface area contributed by atoms with Crippen molar-refractivity contribution in [1.29, 1.82) is 0 Å². The molecule has 0 fully saturated rings. The SMILES string of the molecule is CCc1ccc(Cc2cc3c(c(C(F)(F)F)c2)C(C=O)NC3)cc1. The number of alkyl halides is 3. The first-order valence-corrected chi connectivity index (χ1v) is 7.91. The number of carbonyl (C=O) groups excluding carboxylic acids is 1. The molecule has 0 saturated heterocycles. The van der Waals surface area contributed by atoms with Crippen molar-refractivity contribution in [2.75, 3.05) is 0 Å². The van der Waals surface area contributed by atoms with Gasteiger partial charge in [-0.1, -0.05) is 37.3 Å². The minimum Gasteiger partial charge on any atom is -0.301 e. The highest BCUT2D eigenvalue weighted by Gasteiger charge is 2.38. The van der Waals surface area contributed by atoms with E-state index in [-0.39, 0.29) is 12.1 Å². The van der Waals surface area contributed by atoms with Crippen molar-refractivity contribution >= 4 is 6.29 Å². The van der Waals surface area contributed by atoms with E-state index >= 15 is 0 Å². The fourth-order valence-corrected chi connectivity index (χ4v) is 3.20. The summed E-state index contributed by atoms with van der Waals surface area (Å²) in [7, 11) is 0. The van der Waals surface area contributed by atoms with Crippen molar-refractivity contribution in [2.24, 2.45) is 0 Å². The average molecular weight is 333 g/mol. The number of aldehydes is 1. The number of halogens is 3. The van der Waals surface area contributed by atoms with Gasteiger partial charge in [0.2, 0.25) is 0 Å². The van der Waals surface area contributed by atoms with Crippen LogP contribution >= 0.6 is 0 Å². The van der Waals surface area contributed by atoms with Crippen LogP contribution in [0.5, 0.6) is 0 Å². The van der Waals surface area contributed by atoms with Gasteiger partial charge >= 0.3 is 6.18 Å². The van der Waals surface area contributed by atoms with Crippen molar-refractivity contribution in [3.63, 3.8) is 0 Å². The van der Waals surface area contributed by atoms with Crippen LogP contribution in [0.4, 0.5) is 13.2 Å². The Kier molecular flexibility index (Phi) is 4.45. The highest BCUT2D eigenvalue weighted by molar-refractivity contribution is 5.66. The highest BCUT2D eigenvalue weighted by Crippen LogP contribution is 2.39. The Labute approximate surface area is 138 Å². The molecule has 5 heteroatoms. The predicted octanol–water partition coefficient (Wildman–Crippen LogP) is 4.20. The smallest absolute Gasteiger partial charge is 0.301 e. The molecule has 0 aliphatic carbocycles. The van der Waals surface area contributed by atoms with E-state index < -0.39 is 17.8 Å². The van der Waals surface area contributed by atoms with Gasteiger partial charge in [0.05, 0.1) is 11.6 Å².